The molecule has 0 aliphatic heterocycles. The van der Waals surface area contributed by atoms with Crippen molar-refractivity contribution < 1.29 is 4.79 Å². The number of carbonyl (C=O) groups is 1. The second-order valence-corrected chi connectivity index (χ2v) is 6.23. The average Bonchev–Trinajstić information content (AvgIpc) is 2.62. The summed E-state index contributed by atoms with van der Waals surface area (Å²) in [6.07, 6.45) is 5.96. The molecule has 0 fully saturated rings. The van der Waals surface area contributed by atoms with Crippen molar-refractivity contribution in [3.63, 3.8) is 0 Å². The van der Waals surface area contributed by atoms with Crippen molar-refractivity contribution in [1.82, 2.24) is 10.3 Å². The quantitative estimate of drug-likeness (QED) is 0.487. The standard InChI is InChI=1S/C21H24N2O/c1-2-3-4-5-8-14-22-21(24)18-12-9-11-17-15-16-10-6-7-13-19(16)23-20(17)18/h6-7,9-13,15H,2-5,8,14H2,1H3,(H,22,24). The van der Waals surface area contributed by atoms with E-state index in [0.717, 1.165) is 34.8 Å². The first-order valence-corrected chi connectivity index (χ1v) is 8.86. The summed E-state index contributed by atoms with van der Waals surface area (Å²) in [6, 6.07) is 15.9. The second kappa shape index (κ2) is 7.91. The van der Waals surface area contributed by atoms with Crippen LogP contribution in [0.25, 0.3) is 21.8 Å². The van der Waals surface area contributed by atoms with Crippen molar-refractivity contribution in [2.24, 2.45) is 0 Å². The lowest BCUT2D eigenvalue weighted by Gasteiger charge is -2.08. The molecule has 1 aromatic heterocycles. The van der Waals surface area contributed by atoms with Crippen LogP contribution in [-0.2, 0) is 0 Å². The van der Waals surface area contributed by atoms with Gasteiger partial charge in [-0.25, -0.2) is 4.98 Å². The molecule has 1 amide bonds. The molecule has 0 spiro atoms. The first-order valence-electron chi connectivity index (χ1n) is 8.86. The van der Waals surface area contributed by atoms with Gasteiger partial charge in [0.15, 0.2) is 0 Å². The molecular formula is C21H24N2O. The van der Waals surface area contributed by atoms with Gasteiger partial charge in [-0.1, -0.05) is 62.9 Å². The Labute approximate surface area is 143 Å². The number of aromatic nitrogens is 1. The molecule has 24 heavy (non-hydrogen) atoms. The van der Waals surface area contributed by atoms with E-state index in [2.05, 4.69) is 18.3 Å². The van der Waals surface area contributed by atoms with E-state index in [1.807, 2.05) is 42.5 Å². The zero-order valence-electron chi connectivity index (χ0n) is 14.2. The summed E-state index contributed by atoms with van der Waals surface area (Å²) in [4.78, 5) is 17.2. The van der Waals surface area contributed by atoms with Crippen LogP contribution >= 0.6 is 0 Å². The number of para-hydroxylation sites is 2. The van der Waals surface area contributed by atoms with Gasteiger partial charge in [0, 0.05) is 17.3 Å². The van der Waals surface area contributed by atoms with E-state index < -0.39 is 0 Å². The predicted molar refractivity (Wildman–Crippen MR) is 100 cm³/mol. The highest BCUT2D eigenvalue weighted by atomic mass is 16.1. The van der Waals surface area contributed by atoms with Crippen LogP contribution in [0.1, 0.15) is 49.4 Å². The normalized spacial score (nSPS) is 11.0. The zero-order chi connectivity index (χ0) is 16.8. The Morgan fingerprint density at radius 1 is 0.958 bits per heavy atom. The number of nitrogens with one attached hydrogen (secondary N) is 1. The van der Waals surface area contributed by atoms with Crippen LogP contribution in [0.2, 0.25) is 0 Å². The van der Waals surface area contributed by atoms with Crippen molar-refractivity contribution in [1.29, 1.82) is 0 Å². The third kappa shape index (κ3) is 3.73. The van der Waals surface area contributed by atoms with Crippen LogP contribution in [0.5, 0.6) is 0 Å². The van der Waals surface area contributed by atoms with Gasteiger partial charge in [-0.2, -0.15) is 0 Å². The summed E-state index contributed by atoms with van der Waals surface area (Å²) < 4.78 is 0. The minimum absolute atomic E-state index is 0.0288. The first kappa shape index (κ1) is 16.4. The predicted octanol–water partition coefficient (Wildman–Crippen LogP) is 5.09. The summed E-state index contributed by atoms with van der Waals surface area (Å²) in [5.41, 5.74) is 2.36. The Bertz CT molecular complexity index is 841. The number of benzene rings is 2. The fourth-order valence-corrected chi connectivity index (χ4v) is 3.01. The van der Waals surface area contributed by atoms with Gasteiger partial charge in [0.2, 0.25) is 0 Å². The monoisotopic (exact) mass is 320 g/mol. The van der Waals surface area contributed by atoms with E-state index in [9.17, 15) is 4.79 Å². The van der Waals surface area contributed by atoms with E-state index in [0.29, 0.717) is 5.56 Å². The lowest BCUT2D eigenvalue weighted by molar-refractivity contribution is 0.0954. The highest BCUT2D eigenvalue weighted by Crippen LogP contribution is 2.22. The molecule has 2 aromatic carbocycles. The number of carbonyl (C=O) groups excluding carboxylic acids is 1. The van der Waals surface area contributed by atoms with E-state index in [1.165, 1.54) is 25.7 Å². The van der Waals surface area contributed by atoms with Gasteiger partial charge < -0.3 is 5.32 Å². The summed E-state index contributed by atoms with van der Waals surface area (Å²) >= 11 is 0. The zero-order valence-corrected chi connectivity index (χ0v) is 14.2. The topological polar surface area (TPSA) is 42.0 Å². The number of hydrogen-bond acceptors (Lipinski definition) is 2. The van der Waals surface area contributed by atoms with Gasteiger partial charge in [-0.15, -0.1) is 0 Å². The minimum atomic E-state index is -0.0288. The van der Waals surface area contributed by atoms with E-state index in [1.54, 1.807) is 0 Å². The highest BCUT2D eigenvalue weighted by Gasteiger charge is 2.11. The van der Waals surface area contributed by atoms with Gasteiger partial charge in [-0.05, 0) is 24.6 Å². The molecule has 0 aliphatic carbocycles. The molecule has 3 heteroatoms. The molecular weight excluding hydrogens is 296 g/mol. The molecule has 1 N–H and O–H groups in total. The second-order valence-electron chi connectivity index (χ2n) is 6.23. The summed E-state index contributed by atoms with van der Waals surface area (Å²) in [5, 5.41) is 5.14. The Hall–Kier alpha value is -2.42. The van der Waals surface area contributed by atoms with Crippen LogP contribution in [0.4, 0.5) is 0 Å². The number of rotatable bonds is 7. The van der Waals surface area contributed by atoms with Crippen molar-refractivity contribution in [3.8, 4) is 0 Å². The molecule has 124 valence electrons. The van der Waals surface area contributed by atoms with E-state index in [-0.39, 0.29) is 5.91 Å². The van der Waals surface area contributed by atoms with Gasteiger partial charge >= 0.3 is 0 Å². The largest absolute Gasteiger partial charge is 0.352 e. The Balaban J connectivity index is 1.76. The van der Waals surface area contributed by atoms with Gasteiger partial charge in [-0.3, -0.25) is 4.79 Å². The molecule has 1 heterocycles. The van der Waals surface area contributed by atoms with Crippen LogP contribution < -0.4 is 5.32 Å². The fourth-order valence-electron chi connectivity index (χ4n) is 3.01. The summed E-state index contributed by atoms with van der Waals surface area (Å²) in [5.74, 6) is -0.0288. The van der Waals surface area contributed by atoms with Gasteiger partial charge in [0.25, 0.3) is 5.91 Å². The molecule has 0 saturated heterocycles. The first-order chi connectivity index (χ1) is 11.8. The molecule has 0 atom stereocenters. The van der Waals surface area contributed by atoms with Crippen LogP contribution in [-0.4, -0.2) is 17.4 Å². The molecule has 0 saturated carbocycles. The van der Waals surface area contributed by atoms with Gasteiger partial charge in [0.1, 0.15) is 0 Å². The maximum atomic E-state index is 12.5. The van der Waals surface area contributed by atoms with Crippen molar-refractivity contribution >= 4 is 27.7 Å². The molecule has 3 nitrogen and oxygen atoms in total. The maximum Gasteiger partial charge on any atom is 0.253 e. The Morgan fingerprint density at radius 3 is 2.62 bits per heavy atom. The lowest BCUT2D eigenvalue weighted by atomic mass is 10.1. The number of hydrogen-bond donors (Lipinski definition) is 1. The minimum Gasteiger partial charge on any atom is -0.352 e. The van der Waals surface area contributed by atoms with Crippen LogP contribution in [0.3, 0.4) is 0 Å². The number of fused-ring (bicyclic) bond motifs is 2. The Kier molecular flexibility index (Phi) is 5.42. The van der Waals surface area contributed by atoms with Crippen molar-refractivity contribution in [2.45, 2.75) is 39.0 Å². The molecule has 0 aliphatic rings. The number of nitrogens with zero attached hydrogens (tertiary/aromatic N) is 1. The highest BCUT2D eigenvalue weighted by molar-refractivity contribution is 6.07. The maximum absolute atomic E-state index is 12.5. The number of pyridine rings is 1. The smallest absolute Gasteiger partial charge is 0.253 e. The van der Waals surface area contributed by atoms with Gasteiger partial charge in [0.05, 0.1) is 16.6 Å². The Morgan fingerprint density at radius 2 is 1.75 bits per heavy atom. The van der Waals surface area contributed by atoms with Crippen LogP contribution in [0, 0.1) is 0 Å². The third-order valence-electron chi connectivity index (χ3n) is 4.36. The van der Waals surface area contributed by atoms with E-state index >= 15 is 0 Å². The number of amides is 1. The summed E-state index contributed by atoms with van der Waals surface area (Å²) in [6.45, 7) is 2.94. The molecule has 3 aromatic rings. The molecule has 0 bridgehead atoms. The fraction of sp³-hybridized carbons (Fsp3) is 0.333. The average molecular weight is 320 g/mol. The van der Waals surface area contributed by atoms with Crippen LogP contribution in [0.15, 0.2) is 48.5 Å². The third-order valence-corrected chi connectivity index (χ3v) is 4.36. The SMILES string of the molecule is CCCCCCCNC(=O)c1cccc2cc3ccccc3nc12. The van der Waals surface area contributed by atoms with Crippen molar-refractivity contribution in [2.75, 3.05) is 6.54 Å². The van der Waals surface area contributed by atoms with E-state index in [4.69, 9.17) is 4.98 Å². The molecule has 0 radical (unpaired) electrons. The number of unbranched alkanes of at least 4 members (excludes halogenated alkanes) is 4. The molecule has 3 rings (SSSR count). The molecule has 0 unspecified atom stereocenters. The lowest BCUT2D eigenvalue weighted by Crippen LogP contribution is -2.24. The summed E-state index contributed by atoms with van der Waals surface area (Å²) in [7, 11) is 0. The van der Waals surface area contributed by atoms with Crippen molar-refractivity contribution in [3.05, 3.63) is 54.1 Å².